The molecule has 9 heteroatoms. The van der Waals surface area contributed by atoms with Gasteiger partial charge in [0.2, 0.25) is 11.6 Å². The maximum Gasteiger partial charge on any atom is 0.353 e. The molecule has 0 saturated heterocycles. The van der Waals surface area contributed by atoms with E-state index in [1.165, 1.54) is 13.4 Å². The van der Waals surface area contributed by atoms with Crippen LogP contribution in [0.4, 0.5) is 28.7 Å². The summed E-state index contributed by atoms with van der Waals surface area (Å²) in [6.07, 6.45) is 2.92. The molecule has 0 aliphatic rings. The van der Waals surface area contributed by atoms with Gasteiger partial charge >= 0.3 is 5.69 Å². The van der Waals surface area contributed by atoms with Gasteiger partial charge in [-0.3, -0.25) is 15.1 Å². The zero-order chi connectivity index (χ0) is 20.2. The third kappa shape index (κ3) is 3.61. The van der Waals surface area contributed by atoms with Crippen LogP contribution in [0, 0.1) is 10.1 Å². The lowest BCUT2D eigenvalue weighted by Crippen LogP contribution is -2.06. The van der Waals surface area contributed by atoms with Gasteiger partial charge in [-0.2, -0.15) is 0 Å². The number of hydrogen-bond acceptors (Lipinski definition) is 8. The Bertz CT molecular complexity index is 1190. The first-order chi connectivity index (χ1) is 14.2. The predicted octanol–water partition coefficient (Wildman–Crippen LogP) is 4.43. The SMILES string of the molecule is COc1ccccc1Nc1ncnc(Nc2cccc3cccnc23)c1[N+](=O)[O-]. The second-order valence-corrected chi connectivity index (χ2v) is 6.01. The van der Waals surface area contributed by atoms with Crippen LogP contribution in [0.3, 0.4) is 0 Å². The van der Waals surface area contributed by atoms with Crippen LogP contribution >= 0.6 is 0 Å². The highest BCUT2D eigenvalue weighted by molar-refractivity contribution is 5.93. The van der Waals surface area contributed by atoms with E-state index in [1.54, 1.807) is 36.5 Å². The molecule has 4 rings (SSSR count). The van der Waals surface area contributed by atoms with Gasteiger partial charge in [-0.25, -0.2) is 9.97 Å². The minimum atomic E-state index is -0.529. The van der Waals surface area contributed by atoms with Crippen LogP contribution in [0.25, 0.3) is 10.9 Å². The first-order valence-electron chi connectivity index (χ1n) is 8.67. The molecule has 0 bridgehead atoms. The van der Waals surface area contributed by atoms with Crippen LogP contribution in [0.15, 0.2) is 67.1 Å². The Hall–Kier alpha value is -4.27. The Balaban J connectivity index is 1.77. The number of rotatable bonds is 6. The lowest BCUT2D eigenvalue weighted by Gasteiger charge is -2.13. The summed E-state index contributed by atoms with van der Waals surface area (Å²) in [4.78, 5) is 23.8. The van der Waals surface area contributed by atoms with Crippen molar-refractivity contribution in [3.63, 3.8) is 0 Å². The zero-order valence-electron chi connectivity index (χ0n) is 15.4. The highest BCUT2D eigenvalue weighted by atomic mass is 16.6. The molecule has 0 aliphatic carbocycles. The highest BCUT2D eigenvalue weighted by Gasteiger charge is 2.24. The van der Waals surface area contributed by atoms with Gasteiger partial charge in [0.15, 0.2) is 0 Å². The maximum absolute atomic E-state index is 11.8. The number of anilines is 4. The van der Waals surface area contributed by atoms with E-state index in [1.807, 2.05) is 24.3 Å². The zero-order valence-corrected chi connectivity index (χ0v) is 15.4. The number of hydrogen-bond donors (Lipinski definition) is 2. The molecule has 2 heterocycles. The van der Waals surface area contributed by atoms with Gasteiger partial charge in [0, 0.05) is 11.6 Å². The third-order valence-corrected chi connectivity index (χ3v) is 4.25. The predicted molar refractivity (Wildman–Crippen MR) is 110 cm³/mol. The smallest absolute Gasteiger partial charge is 0.353 e. The molecular weight excluding hydrogens is 372 g/mol. The van der Waals surface area contributed by atoms with Crippen molar-refractivity contribution in [2.24, 2.45) is 0 Å². The summed E-state index contributed by atoms with van der Waals surface area (Å²) in [7, 11) is 1.52. The summed E-state index contributed by atoms with van der Waals surface area (Å²) in [5.41, 5.74) is 1.55. The first-order valence-corrected chi connectivity index (χ1v) is 8.67. The van der Waals surface area contributed by atoms with E-state index in [0.717, 1.165) is 5.39 Å². The number of methoxy groups -OCH3 is 1. The fourth-order valence-corrected chi connectivity index (χ4v) is 2.94. The number of nitrogens with one attached hydrogen (secondary N) is 2. The van der Waals surface area contributed by atoms with Crippen LogP contribution in [0.1, 0.15) is 0 Å². The van der Waals surface area contributed by atoms with E-state index in [-0.39, 0.29) is 17.3 Å². The summed E-state index contributed by atoms with van der Waals surface area (Å²) in [5.74, 6) is 0.638. The van der Waals surface area contributed by atoms with E-state index < -0.39 is 4.92 Å². The average molecular weight is 388 g/mol. The molecule has 0 atom stereocenters. The van der Waals surface area contributed by atoms with E-state index >= 15 is 0 Å². The molecule has 0 spiro atoms. The lowest BCUT2D eigenvalue weighted by atomic mass is 10.2. The molecule has 0 unspecified atom stereocenters. The minimum Gasteiger partial charge on any atom is -0.495 e. The maximum atomic E-state index is 11.8. The summed E-state index contributed by atoms with van der Waals surface area (Å²) < 4.78 is 5.29. The van der Waals surface area contributed by atoms with Crippen LogP contribution < -0.4 is 15.4 Å². The molecule has 2 N–H and O–H groups in total. The van der Waals surface area contributed by atoms with Gasteiger partial charge in [0.05, 0.1) is 28.9 Å². The van der Waals surface area contributed by atoms with Crippen LogP contribution in [-0.2, 0) is 0 Å². The molecule has 29 heavy (non-hydrogen) atoms. The number of nitrogens with zero attached hydrogens (tertiary/aromatic N) is 4. The molecular formula is C20H16N6O3. The Morgan fingerprint density at radius 2 is 1.59 bits per heavy atom. The number of para-hydroxylation sites is 3. The number of benzene rings is 2. The highest BCUT2D eigenvalue weighted by Crippen LogP contribution is 2.36. The van der Waals surface area contributed by atoms with Crippen LogP contribution in [0.5, 0.6) is 5.75 Å². The van der Waals surface area contributed by atoms with E-state index in [4.69, 9.17) is 4.74 Å². The number of pyridine rings is 1. The normalized spacial score (nSPS) is 10.5. The topological polar surface area (TPSA) is 115 Å². The average Bonchev–Trinajstić information content (AvgIpc) is 2.74. The van der Waals surface area contributed by atoms with E-state index in [9.17, 15) is 10.1 Å². The van der Waals surface area contributed by atoms with Crippen molar-refractivity contribution in [2.45, 2.75) is 0 Å². The molecule has 0 aliphatic heterocycles. The third-order valence-electron chi connectivity index (χ3n) is 4.25. The van der Waals surface area contributed by atoms with Crippen molar-refractivity contribution in [1.29, 1.82) is 0 Å². The molecule has 4 aromatic rings. The van der Waals surface area contributed by atoms with E-state index in [0.29, 0.717) is 22.6 Å². The Labute approximate surface area is 165 Å². The number of aromatic nitrogens is 3. The van der Waals surface area contributed by atoms with Gasteiger partial charge < -0.3 is 15.4 Å². The van der Waals surface area contributed by atoms with Crippen LogP contribution in [-0.4, -0.2) is 27.0 Å². The fourth-order valence-electron chi connectivity index (χ4n) is 2.94. The number of ether oxygens (including phenoxy) is 1. The second kappa shape index (κ2) is 7.77. The first kappa shape index (κ1) is 18.1. The summed E-state index contributed by atoms with van der Waals surface area (Å²) in [5, 5.41) is 18.7. The lowest BCUT2D eigenvalue weighted by molar-refractivity contribution is -0.383. The quantitative estimate of drug-likeness (QED) is 0.368. The van der Waals surface area contributed by atoms with Crippen molar-refractivity contribution in [2.75, 3.05) is 17.7 Å². The van der Waals surface area contributed by atoms with E-state index in [2.05, 4.69) is 25.6 Å². The van der Waals surface area contributed by atoms with Crippen molar-refractivity contribution < 1.29 is 9.66 Å². The van der Waals surface area contributed by atoms with Gasteiger partial charge in [-0.1, -0.05) is 30.3 Å². The van der Waals surface area contributed by atoms with Gasteiger partial charge in [0.1, 0.15) is 12.1 Å². The summed E-state index contributed by atoms with van der Waals surface area (Å²) >= 11 is 0. The minimum absolute atomic E-state index is 0.0465. The Morgan fingerprint density at radius 3 is 2.34 bits per heavy atom. The van der Waals surface area contributed by atoms with Gasteiger partial charge in [-0.15, -0.1) is 0 Å². The summed E-state index contributed by atoms with van der Waals surface area (Å²) in [6, 6.07) is 16.4. The molecule has 144 valence electrons. The van der Waals surface area contributed by atoms with Crippen molar-refractivity contribution in [3.05, 3.63) is 77.2 Å². The monoisotopic (exact) mass is 388 g/mol. The standard InChI is InChI=1S/C20H16N6O3/c1-29-16-10-3-2-8-14(16)24-19-18(26(27)28)20(23-12-22-19)25-15-9-4-6-13-7-5-11-21-17(13)15/h2-12H,1H3,(H2,22,23,24,25). The molecule has 0 radical (unpaired) electrons. The van der Waals surface area contributed by atoms with Crippen LogP contribution in [0.2, 0.25) is 0 Å². The number of nitro groups is 1. The van der Waals surface area contributed by atoms with Gasteiger partial charge in [-0.05, 0) is 24.3 Å². The van der Waals surface area contributed by atoms with Gasteiger partial charge in [0.25, 0.3) is 0 Å². The molecule has 0 saturated carbocycles. The Kier molecular flexibility index (Phi) is 4.85. The molecule has 0 fully saturated rings. The fraction of sp³-hybridized carbons (Fsp3) is 0.0500. The largest absolute Gasteiger partial charge is 0.495 e. The van der Waals surface area contributed by atoms with Crippen molar-refractivity contribution >= 4 is 39.6 Å². The molecule has 9 nitrogen and oxygen atoms in total. The summed E-state index contributed by atoms with van der Waals surface area (Å²) in [6.45, 7) is 0. The molecule has 2 aromatic carbocycles. The Morgan fingerprint density at radius 1 is 0.897 bits per heavy atom. The second-order valence-electron chi connectivity index (χ2n) is 6.01. The molecule has 0 amide bonds. The number of fused-ring (bicyclic) bond motifs is 1. The van der Waals surface area contributed by atoms with Crippen molar-refractivity contribution in [3.8, 4) is 5.75 Å². The van der Waals surface area contributed by atoms with Crippen molar-refractivity contribution in [1.82, 2.24) is 15.0 Å². The molecule has 2 aromatic heterocycles.